The predicted octanol–water partition coefficient (Wildman–Crippen LogP) is 4.10. The Morgan fingerprint density at radius 1 is 1.13 bits per heavy atom. The summed E-state index contributed by atoms with van der Waals surface area (Å²) in [6.07, 6.45) is 13.2. The molecule has 15 heavy (non-hydrogen) atoms. The van der Waals surface area contributed by atoms with Crippen LogP contribution in [0.25, 0.3) is 0 Å². The maximum atomic E-state index is 2.41. The fraction of sp³-hybridized carbons (Fsp3) is 0.667. The Labute approximate surface area is 95.8 Å². The molecule has 0 aliphatic heterocycles. The standard InChI is InChI=1S/C15H23/c1-11(2)15-10-12(3)8-9-14(15)13-6-4-5-7-13/h4-7,11-12,14-15H,8-10H2,1-3H3/t12-,14+,15-/m0/s1. The Kier molecular flexibility index (Phi) is 3.74. The zero-order chi connectivity index (χ0) is 10.8. The molecule has 0 N–H and O–H groups in total. The number of hydrogen-bond acceptors (Lipinski definition) is 0. The summed E-state index contributed by atoms with van der Waals surface area (Å²) in [5.74, 6) is 5.07. The highest BCUT2D eigenvalue weighted by Gasteiger charge is 2.37. The van der Waals surface area contributed by atoms with Gasteiger partial charge in [0.1, 0.15) is 0 Å². The van der Waals surface area contributed by atoms with Crippen molar-refractivity contribution < 1.29 is 0 Å². The highest BCUT2D eigenvalue weighted by molar-refractivity contribution is 5.37. The monoisotopic (exact) mass is 203 g/mol. The summed E-state index contributed by atoms with van der Waals surface area (Å²) >= 11 is 0. The van der Waals surface area contributed by atoms with E-state index in [0.717, 1.165) is 23.7 Å². The van der Waals surface area contributed by atoms with Crippen molar-refractivity contribution in [3.63, 3.8) is 0 Å². The minimum Gasteiger partial charge on any atom is -0.0625 e. The van der Waals surface area contributed by atoms with Gasteiger partial charge in [-0.15, -0.1) is 0 Å². The molecule has 2 fully saturated rings. The van der Waals surface area contributed by atoms with E-state index in [1.165, 1.54) is 19.3 Å². The third-order valence-corrected chi connectivity index (χ3v) is 4.13. The molecule has 0 amide bonds. The van der Waals surface area contributed by atoms with Crippen LogP contribution in [0.3, 0.4) is 0 Å². The van der Waals surface area contributed by atoms with Gasteiger partial charge in [-0.25, -0.2) is 0 Å². The molecule has 0 aromatic rings. The molecular formula is C15H23. The Balaban J connectivity index is 2.00. The molecule has 0 aromatic heterocycles. The van der Waals surface area contributed by atoms with Crippen LogP contribution in [0.2, 0.25) is 0 Å². The van der Waals surface area contributed by atoms with E-state index < -0.39 is 0 Å². The fourth-order valence-electron chi connectivity index (χ4n) is 3.21. The van der Waals surface area contributed by atoms with Crippen molar-refractivity contribution in [1.82, 2.24) is 0 Å². The Morgan fingerprint density at radius 2 is 1.80 bits per heavy atom. The first-order chi connectivity index (χ1) is 7.18. The SMILES string of the molecule is CC(C)[C@@H]1C[C@@H](C)CC[C@@H]1[C]1[CH][CH][CH][CH]1. The van der Waals surface area contributed by atoms with Crippen molar-refractivity contribution in [3.8, 4) is 0 Å². The summed E-state index contributed by atoms with van der Waals surface area (Å²) in [5.41, 5.74) is 0. The van der Waals surface area contributed by atoms with Gasteiger partial charge in [-0.2, -0.15) is 0 Å². The molecule has 3 atom stereocenters. The molecule has 0 aromatic carbocycles. The van der Waals surface area contributed by atoms with Crippen molar-refractivity contribution in [2.24, 2.45) is 23.7 Å². The van der Waals surface area contributed by atoms with Gasteiger partial charge < -0.3 is 0 Å². The molecular weight excluding hydrogens is 180 g/mol. The second-order valence-corrected chi connectivity index (χ2v) is 5.65. The van der Waals surface area contributed by atoms with Crippen molar-refractivity contribution >= 4 is 0 Å². The van der Waals surface area contributed by atoms with Gasteiger partial charge >= 0.3 is 0 Å². The lowest BCUT2D eigenvalue weighted by molar-refractivity contribution is 0.157. The van der Waals surface area contributed by atoms with Crippen LogP contribution in [-0.2, 0) is 0 Å². The topological polar surface area (TPSA) is 0 Å². The molecule has 0 nitrogen and oxygen atoms in total. The smallest absolute Gasteiger partial charge is 0.0133 e. The molecule has 5 radical (unpaired) electrons. The molecule has 0 spiro atoms. The van der Waals surface area contributed by atoms with Crippen LogP contribution in [-0.4, -0.2) is 0 Å². The molecule has 0 saturated heterocycles. The van der Waals surface area contributed by atoms with E-state index in [1.807, 2.05) is 0 Å². The summed E-state index contributed by atoms with van der Waals surface area (Å²) < 4.78 is 0. The summed E-state index contributed by atoms with van der Waals surface area (Å²) in [4.78, 5) is 0. The van der Waals surface area contributed by atoms with E-state index in [2.05, 4.69) is 46.5 Å². The minimum absolute atomic E-state index is 0.827. The van der Waals surface area contributed by atoms with Crippen molar-refractivity contribution in [2.45, 2.75) is 40.0 Å². The lowest BCUT2D eigenvalue weighted by Gasteiger charge is -2.40. The third kappa shape index (κ3) is 2.57. The van der Waals surface area contributed by atoms with Crippen LogP contribution in [0.1, 0.15) is 40.0 Å². The minimum atomic E-state index is 0.827. The molecule has 0 unspecified atom stereocenters. The van der Waals surface area contributed by atoms with E-state index >= 15 is 0 Å². The Hall–Kier alpha value is 0. The van der Waals surface area contributed by atoms with Crippen LogP contribution in [0.15, 0.2) is 0 Å². The van der Waals surface area contributed by atoms with E-state index in [0.29, 0.717) is 0 Å². The normalized spacial score (nSPS) is 38.8. The number of rotatable bonds is 2. The Bertz CT molecular complexity index is 188. The van der Waals surface area contributed by atoms with Gasteiger partial charge in [0.05, 0.1) is 0 Å². The van der Waals surface area contributed by atoms with Crippen LogP contribution in [0.5, 0.6) is 0 Å². The zero-order valence-electron chi connectivity index (χ0n) is 10.2. The average molecular weight is 203 g/mol. The maximum Gasteiger partial charge on any atom is -0.0133 e. The van der Waals surface area contributed by atoms with Crippen molar-refractivity contribution in [2.75, 3.05) is 0 Å². The van der Waals surface area contributed by atoms with Crippen molar-refractivity contribution in [3.05, 3.63) is 31.6 Å². The highest BCUT2D eigenvalue weighted by Crippen LogP contribution is 2.46. The quantitative estimate of drug-likeness (QED) is 0.634. The molecule has 0 bridgehead atoms. The summed E-state index contributed by atoms with van der Waals surface area (Å²) in [7, 11) is 0. The van der Waals surface area contributed by atoms with E-state index in [9.17, 15) is 0 Å². The van der Waals surface area contributed by atoms with Crippen LogP contribution >= 0.6 is 0 Å². The Morgan fingerprint density at radius 3 is 2.40 bits per heavy atom. The summed E-state index contributed by atoms with van der Waals surface area (Å²) in [5, 5.41) is 0. The second kappa shape index (κ2) is 4.89. The van der Waals surface area contributed by atoms with Crippen LogP contribution < -0.4 is 0 Å². The van der Waals surface area contributed by atoms with Gasteiger partial charge in [0, 0.05) is 0 Å². The molecule has 2 aliphatic carbocycles. The zero-order valence-corrected chi connectivity index (χ0v) is 10.2. The molecule has 2 rings (SSSR count). The van der Waals surface area contributed by atoms with Gasteiger partial charge in [-0.05, 0) is 68.1 Å². The van der Waals surface area contributed by atoms with Crippen LogP contribution in [0.4, 0.5) is 0 Å². The van der Waals surface area contributed by atoms with E-state index in [-0.39, 0.29) is 0 Å². The molecule has 2 aliphatic rings. The highest BCUT2D eigenvalue weighted by atomic mass is 14.4. The molecule has 2 saturated carbocycles. The molecule has 83 valence electrons. The molecule has 0 heteroatoms. The van der Waals surface area contributed by atoms with Gasteiger partial charge in [0.15, 0.2) is 0 Å². The first-order valence-electron chi connectivity index (χ1n) is 6.40. The maximum absolute atomic E-state index is 2.41. The van der Waals surface area contributed by atoms with E-state index in [1.54, 1.807) is 5.92 Å². The first-order valence-corrected chi connectivity index (χ1v) is 6.40. The van der Waals surface area contributed by atoms with Gasteiger partial charge in [0.25, 0.3) is 0 Å². The van der Waals surface area contributed by atoms with Gasteiger partial charge in [-0.1, -0.05) is 27.2 Å². The molecule has 0 heterocycles. The van der Waals surface area contributed by atoms with E-state index in [4.69, 9.17) is 0 Å². The number of hydrogen-bond donors (Lipinski definition) is 0. The van der Waals surface area contributed by atoms with Gasteiger partial charge in [0.2, 0.25) is 0 Å². The largest absolute Gasteiger partial charge is 0.0625 e. The first kappa shape index (κ1) is 11.5. The fourth-order valence-corrected chi connectivity index (χ4v) is 3.21. The average Bonchev–Trinajstić information content (AvgIpc) is 2.70. The predicted molar refractivity (Wildman–Crippen MR) is 65.3 cm³/mol. The van der Waals surface area contributed by atoms with Crippen molar-refractivity contribution in [1.29, 1.82) is 0 Å². The summed E-state index contributed by atoms with van der Waals surface area (Å²) in [6.45, 7) is 7.19. The third-order valence-electron chi connectivity index (χ3n) is 4.13. The lowest BCUT2D eigenvalue weighted by atomic mass is 9.65. The summed E-state index contributed by atoms with van der Waals surface area (Å²) in [6, 6.07) is 0. The lowest BCUT2D eigenvalue weighted by Crippen LogP contribution is -2.31. The van der Waals surface area contributed by atoms with Gasteiger partial charge in [-0.3, -0.25) is 0 Å². The second-order valence-electron chi connectivity index (χ2n) is 5.65. The van der Waals surface area contributed by atoms with Crippen LogP contribution in [0, 0.1) is 55.3 Å².